The van der Waals surface area contributed by atoms with Gasteiger partial charge in [-0.2, -0.15) is 8.42 Å². The third-order valence-electron chi connectivity index (χ3n) is 4.21. The van der Waals surface area contributed by atoms with Crippen molar-refractivity contribution in [1.82, 2.24) is 4.90 Å². The van der Waals surface area contributed by atoms with Crippen molar-refractivity contribution < 1.29 is 36.5 Å². The molecule has 2 aromatic rings. The first-order chi connectivity index (χ1) is 15.6. The Morgan fingerprint density at radius 2 is 1.82 bits per heavy atom. The van der Waals surface area contributed by atoms with Gasteiger partial charge in [0.2, 0.25) is 5.91 Å². The molecule has 0 unspecified atom stereocenters. The largest absolute Gasteiger partial charge is 0.468 e. The van der Waals surface area contributed by atoms with Gasteiger partial charge in [-0.25, -0.2) is 0 Å². The van der Waals surface area contributed by atoms with Crippen LogP contribution in [0.3, 0.4) is 0 Å². The van der Waals surface area contributed by atoms with Gasteiger partial charge in [0.05, 0.1) is 12.0 Å². The molecule has 0 atom stereocenters. The van der Waals surface area contributed by atoms with E-state index in [1.54, 1.807) is 6.07 Å². The van der Waals surface area contributed by atoms with E-state index in [9.17, 15) is 27.6 Å². The monoisotopic (exact) mass is 490 g/mol. The van der Waals surface area contributed by atoms with E-state index >= 15 is 0 Å². The van der Waals surface area contributed by atoms with Crippen molar-refractivity contribution in [2.24, 2.45) is 0 Å². The quantitative estimate of drug-likeness (QED) is 0.353. The number of thioether (sulfide) groups is 1. The number of amides is 3. The molecule has 2 aromatic carbocycles. The number of esters is 1. The van der Waals surface area contributed by atoms with Crippen LogP contribution in [0.1, 0.15) is 12.5 Å². The second kappa shape index (κ2) is 9.88. The smallest absolute Gasteiger partial charge is 0.339 e. The molecule has 0 aromatic heterocycles. The summed E-state index contributed by atoms with van der Waals surface area (Å²) in [7, 11) is -3.02. The van der Waals surface area contributed by atoms with Crippen LogP contribution in [-0.2, 0) is 29.2 Å². The third-order valence-corrected chi connectivity index (χ3v) is 6.38. The van der Waals surface area contributed by atoms with Crippen molar-refractivity contribution in [2.45, 2.75) is 11.8 Å². The number of anilines is 1. The maximum absolute atomic E-state index is 12.6. The Balaban J connectivity index is 1.77. The molecule has 1 saturated heterocycles. The second-order valence-corrected chi connectivity index (χ2v) is 9.20. The highest BCUT2D eigenvalue weighted by atomic mass is 32.2. The van der Waals surface area contributed by atoms with Crippen LogP contribution in [0.25, 0.3) is 6.08 Å². The van der Waals surface area contributed by atoms with E-state index in [0.29, 0.717) is 23.0 Å². The van der Waals surface area contributed by atoms with Gasteiger partial charge in [-0.15, -0.1) is 0 Å². The Morgan fingerprint density at radius 3 is 2.45 bits per heavy atom. The first-order valence-corrected chi connectivity index (χ1v) is 11.6. The van der Waals surface area contributed by atoms with Crippen LogP contribution in [0, 0.1) is 0 Å². The molecule has 0 bridgehead atoms. The molecule has 1 fully saturated rings. The Morgan fingerprint density at radius 1 is 1.12 bits per heavy atom. The Bertz CT molecular complexity index is 1250. The number of nitrogens with zero attached hydrogens (tertiary/aromatic N) is 1. The summed E-state index contributed by atoms with van der Waals surface area (Å²) >= 11 is 0.652. The first-order valence-electron chi connectivity index (χ1n) is 9.33. The topological polar surface area (TPSA) is 136 Å². The minimum atomic E-state index is -4.17. The molecule has 33 heavy (non-hydrogen) atoms. The molecule has 12 heteroatoms. The molecule has 1 aliphatic rings. The van der Waals surface area contributed by atoms with Gasteiger partial charge in [0.15, 0.2) is 0 Å². The van der Waals surface area contributed by atoms with Gasteiger partial charge in [-0.1, -0.05) is 12.1 Å². The molecule has 172 valence electrons. The lowest BCUT2D eigenvalue weighted by atomic mass is 10.2. The highest BCUT2D eigenvalue weighted by molar-refractivity contribution is 8.18. The number of hydrogen-bond donors (Lipinski definition) is 1. The van der Waals surface area contributed by atoms with E-state index in [0.717, 1.165) is 12.0 Å². The van der Waals surface area contributed by atoms with Crippen LogP contribution in [0.15, 0.2) is 58.3 Å². The van der Waals surface area contributed by atoms with E-state index in [4.69, 9.17) is 4.18 Å². The summed E-state index contributed by atoms with van der Waals surface area (Å²) in [5, 5.41) is 1.92. The molecule has 0 aliphatic carbocycles. The normalized spacial score (nSPS) is 15.0. The Labute approximate surface area is 193 Å². The van der Waals surface area contributed by atoms with Gasteiger partial charge in [0.1, 0.15) is 17.2 Å². The predicted octanol–water partition coefficient (Wildman–Crippen LogP) is 2.62. The van der Waals surface area contributed by atoms with Crippen LogP contribution in [0.2, 0.25) is 0 Å². The fourth-order valence-corrected chi connectivity index (χ4v) is 4.48. The molecule has 10 nitrogen and oxygen atoms in total. The highest BCUT2D eigenvalue weighted by Gasteiger charge is 2.36. The minimum Gasteiger partial charge on any atom is -0.468 e. The number of rotatable bonds is 7. The number of nitrogens with one attached hydrogen (secondary N) is 1. The summed E-state index contributed by atoms with van der Waals surface area (Å²) in [4.78, 5) is 47.6. The van der Waals surface area contributed by atoms with Crippen molar-refractivity contribution in [1.29, 1.82) is 0 Å². The van der Waals surface area contributed by atoms with Crippen molar-refractivity contribution >= 4 is 56.7 Å². The van der Waals surface area contributed by atoms with Gasteiger partial charge in [-0.3, -0.25) is 24.1 Å². The number of hydrogen-bond acceptors (Lipinski definition) is 9. The van der Waals surface area contributed by atoms with Crippen LogP contribution >= 0.6 is 11.8 Å². The summed E-state index contributed by atoms with van der Waals surface area (Å²) in [6.45, 7) is 0.834. The van der Waals surface area contributed by atoms with E-state index in [-0.39, 0.29) is 21.5 Å². The molecule has 3 amide bonds. The van der Waals surface area contributed by atoms with Gasteiger partial charge < -0.3 is 14.2 Å². The SMILES string of the molecule is COC(=O)CN1C(=O)S/C(=C\c2cccc(OS(=O)(=O)c3ccc(NC(C)=O)cc3)c2)C1=O. The average Bonchev–Trinajstić information content (AvgIpc) is 3.00. The zero-order valence-corrected chi connectivity index (χ0v) is 19.1. The van der Waals surface area contributed by atoms with Gasteiger partial charge >= 0.3 is 16.1 Å². The number of carbonyl (C=O) groups is 4. The summed E-state index contributed by atoms with van der Waals surface area (Å²) in [6.07, 6.45) is 1.39. The summed E-state index contributed by atoms with van der Waals surface area (Å²) in [5.41, 5.74) is 0.844. The van der Waals surface area contributed by atoms with Crippen LogP contribution in [0.4, 0.5) is 10.5 Å². The molecule has 1 N–H and O–H groups in total. The molecule has 1 heterocycles. The molecular formula is C21H18N2O8S2. The van der Waals surface area contributed by atoms with Crippen LogP contribution in [0.5, 0.6) is 5.75 Å². The number of carbonyl (C=O) groups excluding carboxylic acids is 4. The minimum absolute atomic E-state index is 0.0107. The Kier molecular flexibility index (Phi) is 7.19. The lowest BCUT2D eigenvalue weighted by Gasteiger charge is -2.10. The first kappa shape index (κ1) is 24.0. The zero-order chi connectivity index (χ0) is 24.2. The molecule has 0 radical (unpaired) electrons. The lowest BCUT2D eigenvalue weighted by molar-refractivity contribution is -0.143. The zero-order valence-electron chi connectivity index (χ0n) is 17.4. The fraction of sp³-hybridized carbons (Fsp3) is 0.143. The molecule has 0 saturated carbocycles. The van der Waals surface area contributed by atoms with E-state index < -0.39 is 33.8 Å². The molecule has 1 aliphatic heterocycles. The summed E-state index contributed by atoms with van der Waals surface area (Å²) in [5.74, 6) is -1.69. The maximum atomic E-state index is 12.6. The van der Waals surface area contributed by atoms with Crippen molar-refractivity contribution in [3.8, 4) is 5.75 Å². The van der Waals surface area contributed by atoms with Crippen molar-refractivity contribution in [3.63, 3.8) is 0 Å². The van der Waals surface area contributed by atoms with E-state index in [2.05, 4.69) is 10.1 Å². The summed E-state index contributed by atoms with van der Waals surface area (Å²) < 4.78 is 34.8. The van der Waals surface area contributed by atoms with Crippen molar-refractivity contribution in [3.05, 3.63) is 59.0 Å². The standard InChI is InChI=1S/C21H18N2O8S2/c1-13(24)22-15-6-8-17(9-7-15)33(28,29)31-16-5-3-4-14(10-16)11-18-20(26)23(21(27)32-18)12-19(25)30-2/h3-11H,12H2,1-2H3,(H,22,24)/b18-11-. The van der Waals surface area contributed by atoms with Crippen LogP contribution in [-0.4, -0.2) is 50.0 Å². The van der Waals surface area contributed by atoms with Gasteiger partial charge in [0.25, 0.3) is 11.1 Å². The number of ether oxygens (including phenoxy) is 1. The highest BCUT2D eigenvalue weighted by Crippen LogP contribution is 2.32. The lowest BCUT2D eigenvalue weighted by Crippen LogP contribution is -2.34. The van der Waals surface area contributed by atoms with Gasteiger partial charge in [0, 0.05) is 12.6 Å². The molecule has 3 rings (SSSR count). The average molecular weight is 491 g/mol. The molecule has 0 spiro atoms. The van der Waals surface area contributed by atoms with Gasteiger partial charge in [-0.05, 0) is 59.8 Å². The number of imide groups is 1. The van der Waals surface area contributed by atoms with Crippen LogP contribution < -0.4 is 9.50 Å². The third kappa shape index (κ3) is 5.99. The van der Waals surface area contributed by atoms with Crippen molar-refractivity contribution in [2.75, 3.05) is 19.0 Å². The molecular weight excluding hydrogens is 472 g/mol. The van der Waals surface area contributed by atoms with E-state index in [1.165, 1.54) is 55.5 Å². The number of methoxy groups -OCH3 is 1. The second-order valence-electron chi connectivity index (χ2n) is 6.66. The fourth-order valence-electron chi connectivity index (χ4n) is 2.72. The summed E-state index contributed by atoms with van der Waals surface area (Å²) in [6, 6.07) is 11.4. The maximum Gasteiger partial charge on any atom is 0.339 e. The number of benzene rings is 2. The van der Waals surface area contributed by atoms with E-state index in [1.807, 2.05) is 0 Å². The predicted molar refractivity (Wildman–Crippen MR) is 120 cm³/mol. The Hall–Kier alpha value is -3.64.